The number of carbonyl (C=O) groups is 2. The number of nitrogens with two attached hydrogens (primary N) is 1. The Kier molecular flexibility index (Phi) is 7.67. The molecule has 21 heavy (non-hydrogen) atoms. The van der Waals surface area contributed by atoms with E-state index in [0.29, 0.717) is 32.1 Å². The van der Waals surface area contributed by atoms with Crippen molar-refractivity contribution < 1.29 is 9.59 Å². The predicted octanol–water partition coefficient (Wildman–Crippen LogP) is -0.0660. The van der Waals surface area contributed by atoms with E-state index in [0.717, 1.165) is 19.4 Å². The number of carbonyl (C=O) groups excluding carboxylic acids is 2. The number of hydrogen-bond donors (Lipinski definition) is 3. The quantitative estimate of drug-likeness (QED) is 0.614. The van der Waals surface area contributed by atoms with Gasteiger partial charge in [-0.2, -0.15) is 0 Å². The summed E-state index contributed by atoms with van der Waals surface area (Å²) in [6.45, 7) is 9.07. The maximum absolute atomic E-state index is 12.0. The van der Waals surface area contributed by atoms with Gasteiger partial charge in [0.1, 0.15) is 0 Å². The van der Waals surface area contributed by atoms with Crippen LogP contribution in [0.5, 0.6) is 0 Å². The molecule has 6 heteroatoms. The lowest BCUT2D eigenvalue weighted by Gasteiger charge is -2.32. The predicted molar refractivity (Wildman–Crippen MR) is 83.7 cm³/mol. The van der Waals surface area contributed by atoms with Crippen LogP contribution >= 0.6 is 0 Å². The molecule has 1 rings (SSSR count). The van der Waals surface area contributed by atoms with Crippen LogP contribution in [0.4, 0.5) is 0 Å². The van der Waals surface area contributed by atoms with Crippen molar-refractivity contribution in [1.29, 1.82) is 0 Å². The highest BCUT2D eigenvalue weighted by Crippen LogP contribution is 2.16. The Morgan fingerprint density at radius 3 is 2.67 bits per heavy atom. The number of nitrogens with one attached hydrogen (secondary N) is 2. The number of nitrogens with zero attached hydrogens (tertiary/aromatic N) is 1. The average molecular weight is 298 g/mol. The summed E-state index contributed by atoms with van der Waals surface area (Å²) in [4.78, 5) is 26.0. The van der Waals surface area contributed by atoms with Crippen molar-refractivity contribution in [3.05, 3.63) is 0 Å². The molecule has 2 amide bonds. The Hall–Kier alpha value is -1.14. The van der Waals surface area contributed by atoms with E-state index in [1.54, 1.807) is 0 Å². The summed E-state index contributed by atoms with van der Waals surface area (Å²) in [6.07, 6.45) is 1.84. The second-order valence-electron chi connectivity index (χ2n) is 6.25. The maximum Gasteiger partial charge on any atom is 0.234 e. The smallest absolute Gasteiger partial charge is 0.234 e. The van der Waals surface area contributed by atoms with Gasteiger partial charge < -0.3 is 16.4 Å². The van der Waals surface area contributed by atoms with Gasteiger partial charge in [-0.1, -0.05) is 13.8 Å². The average Bonchev–Trinajstić information content (AvgIpc) is 2.44. The number of amides is 2. The van der Waals surface area contributed by atoms with E-state index >= 15 is 0 Å². The Bertz CT molecular complexity index is 347. The first kappa shape index (κ1) is 17.9. The molecule has 2 atom stereocenters. The van der Waals surface area contributed by atoms with Gasteiger partial charge in [-0.25, -0.2) is 0 Å². The van der Waals surface area contributed by atoms with Crippen molar-refractivity contribution in [3.8, 4) is 0 Å². The zero-order valence-electron chi connectivity index (χ0n) is 13.5. The molecule has 1 aliphatic rings. The lowest BCUT2D eigenvalue weighted by molar-refractivity contribution is -0.129. The van der Waals surface area contributed by atoms with Crippen molar-refractivity contribution in [2.45, 2.75) is 39.7 Å². The molecule has 0 saturated carbocycles. The summed E-state index contributed by atoms with van der Waals surface area (Å²) in [6, 6.07) is 0.172. The van der Waals surface area contributed by atoms with Gasteiger partial charge in [0.2, 0.25) is 11.8 Å². The molecule has 0 bridgehead atoms. The van der Waals surface area contributed by atoms with Crippen LogP contribution in [0.25, 0.3) is 0 Å². The minimum atomic E-state index is -0.0272. The van der Waals surface area contributed by atoms with Crippen LogP contribution in [0.3, 0.4) is 0 Å². The van der Waals surface area contributed by atoms with E-state index in [2.05, 4.69) is 29.4 Å². The zero-order chi connectivity index (χ0) is 15.8. The summed E-state index contributed by atoms with van der Waals surface area (Å²) in [5.74, 6) is 0.492. The third-order valence-electron chi connectivity index (χ3n) is 4.08. The normalized spacial score (nSPS) is 21.1. The summed E-state index contributed by atoms with van der Waals surface area (Å²) in [7, 11) is 0. The van der Waals surface area contributed by atoms with Crippen LogP contribution in [0.1, 0.15) is 33.6 Å². The van der Waals surface area contributed by atoms with Crippen molar-refractivity contribution in [1.82, 2.24) is 15.5 Å². The van der Waals surface area contributed by atoms with Crippen molar-refractivity contribution in [2.24, 2.45) is 17.6 Å². The van der Waals surface area contributed by atoms with Gasteiger partial charge in [0.25, 0.3) is 0 Å². The van der Waals surface area contributed by atoms with Crippen LogP contribution in [0, 0.1) is 11.8 Å². The Morgan fingerprint density at radius 1 is 1.33 bits per heavy atom. The topological polar surface area (TPSA) is 87.5 Å². The largest absolute Gasteiger partial charge is 0.355 e. The molecule has 1 fully saturated rings. The lowest BCUT2D eigenvalue weighted by atomic mass is 9.97. The SMILES string of the molecule is CC(C)C(C)NC(=O)CN1CCCC(C(=O)NCCN)C1. The molecule has 122 valence electrons. The molecule has 0 aromatic carbocycles. The molecule has 1 aliphatic heterocycles. The maximum atomic E-state index is 12.0. The van der Waals surface area contributed by atoms with Gasteiger partial charge in [-0.05, 0) is 32.2 Å². The molecule has 0 spiro atoms. The van der Waals surface area contributed by atoms with Gasteiger partial charge in [-0.15, -0.1) is 0 Å². The molecule has 4 N–H and O–H groups in total. The molecule has 6 nitrogen and oxygen atoms in total. The molecular formula is C15H30N4O2. The summed E-state index contributed by atoms with van der Waals surface area (Å²) in [5.41, 5.74) is 5.39. The van der Waals surface area contributed by atoms with E-state index in [9.17, 15) is 9.59 Å². The molecule has 0 radical (unpaired) electrons. The second kappa shape index (κ2) is 9.00. The van der Waals surface area contributed by atoms with Crippen molar-refractivity contribution in [3.63, 3.8) is 0 Å². The van der Waals surface area contributed by atoms with Crippen LogP contribution in [0.15, 0.2) is 0 Å². The standard InChI is InChI=1S/C15H30N4O2/c1-11(2)12(3)18-14(20)10-19-8-4-5-13(9-19)15(21)17-7-6-16/h11-13H,4-10,16H2,1-3H3,(H,17,21)(H,18,20). The minimum absolute atomic E-state index is 0.0272. The van der Waals surface area contributed by atoms with E-state index in [1.807, 2.05) is 6.92 Å². The number of hydrogen-bond acceptors (Lipinski definition) is 4. The highest BCUT2D eigenvalue weighted by atomic mass is 16.2. The first-order chi connectivity index (χ1) is 9.93. The Balaban J connectivity index is 2.38. The van der Waals surface area contributed by atoms with E-state index < -0.39 is 0 Å². The fourth-order valence-corrected chi connectivity index (χ4v) is 2.42. The number of likely N-dealkylation sites (tertiary alicyclic amines) is 1. The van der Waals surface area contributed by atoms with Gasteiger partial charge in [0.05, 0.1) is 12.5 Å². The van der Waals surface area contributed by atoms with Crippen molar-refractivity contribution in [2.75, 3.05) is 32.7 Å². The van der Waals surface area contributed by atoms with Crippen LogP contribution < -0.4 is 16.4 Å². The lowest BCUT2D eigenvalue weighted by Crippen LogP contribution is -2.48. The van der Waals surface area contributed by atoms with Gasteiger partial charge >= 0.3 is 0 Å². The van der Waals surface area contributed by atoms with E-state index in [4.69, 9.17) is 5.73 Å². The Labute approximate surface area is 127 Å². The molecule has 0 aliphatic carbocycles. The first-order valence-electron chi connectivity index (χ1n) is 7.93. The van der Waals surface area contributed by atoms with Crippen LogP contribution in [-0.2, 0) is 9.59 Å². The van der Waals surface area contributed by atoms with Crippen LogP contribution in [-0.4, -0.2) is 55.5 Å². The Morgan fingerprint density at radius 2 is 2.05 bits per heavy atom. The van der Waals surface area contributed by atoms with Gasteiger partial charge in [0, 0.05) is 25.7 Å². The molecule has 1 heterocycles. The molecule has 0 aromatic rings. The summed E-state index contributed by atoms with van der Waals surface area (Å²) >= 11 is 0. The monoisotopic (exact) mass is 298 g/mol. The first-order valence-corrected chi connectivity index (χ1v) is 7.93. The fourth-order valence-electron chi connectivity index (χ4n) is 2.42. The van der Waals surface area contributed by atoms with Crippen molar-refractivity contribution >= 4 is 11.8 Å². The summed E-state index contributed by atoms with van der Waals surface area (Å²) in [5, 5.41) is 5.84. The highest BCUT2D eigenvalue weighted by molar-refractivity contribution is 5.80. The van der Waals surface area contributed by atoms with E-state index in [-0.39, 0.29) is 23.8 Å². The highest BCUT2D eigenvalue weighted by Gasteiger charge is 2.26. The molecule has 1 saturated heterocycles. The van der Waals surface area contributed by atoms with Gasteiger partial charge in [-0.3, -0.25) is 14.5 Å². The van der Waals surface area contributed by atoms with Gasteiger partial charge in [0.15, 0.2) is 0 Å². The van der Waals surface area contributed by atoms with E-state index in [1.165, 1.54) is 0 Å². The number of piperidine rings is 1. The molecular weight excluding hydrogens is 268 g/mol. The number of rotatable bonds is 7. The zero-order valence-corrected chi connectivity index (χ0v) is 13.5. The second-order valence-corrected chi connectivity index (χ2v) is 6.25. The molecule has 0 aromatic heterocycles. The van der Waals surface area contributed by atoms with Crippen LogP contribution in [0.2, 0.25) is 0 Å². The molecule has 2 unspecified atom stereocenters. The fraction of sp³-hybridized carbons (Fsp3) is 0.867. The third kappa shape index (κ3) is 6.44. The summed E-state index contributed by atoms with van der Waals surface area (Å²) < 4.78 is 0. The third-order valence-corrected chi connectivity index (χ3v) is 4.08. The minimum Gasteiger partial charge on any atom is -0.355 e.